The molecule has 3 nitrogen and oxygen atoms in total. The summed E-state index contributed by atoms with van der Waals surface area (Å²) >= 11 is 5.45. The van der Waals surface area contributed by atoms with Gasteiger partial charge < -0.3 is 4.90 Å². The topological polar surface area (TPSA) is 33.2 Å². The van der Waals surface area contributed by atoms with Gasteiger partial charge in [-0.3, -0.25) is 4.79 Å². The van der Waals surface area contributed by atoms with E-state index in [1.165, 1.54) is 17.7 Å². The molecule has 0 saturated carbocycles. The summed E-state index contributed by atoms with van der Waals surface area (Å²) in [5, 5.41) is 3.81. The van der Waals surface area contributed by atoms with E-state index in [4.69, 9.17) is 0 Å². The van der Waals surface area contributed by atoms with Crippen molar-refractivity contribution < 1.29 is 4.79 Å². The smallest absolute Gasteiger partial charge is 0.253 e. The third-order valence-electron chi connectivity index (χ3n) is 4.47. The first-order valence-corrected chi connectivity index (χ1v) is 12.1. The van der Waals surface area contributed by atoms with Gasteiger partial charge in [-0.15, -0.1) is 23.1 Å². The Labute approximate surface area is 169 Å². The highest BCUT2D eigenvalue weighted by molar-refractivity contribution is 7.99. The highest BCUT2D eigenvalue weighted by Gasteiger charge is 2.22. The Bertz CT molecular complexity index is 714. The standard InChI is InChI=1S/C20H26N2OS3/c1-3-24-19-6-4-5-11-22(12-19)20(23)16-7-9-18(10-8-16)26-14-17-13-25-15(2)21-17/h7-10,13,19H,3-6,11-12,14H2,1-2H3. The highest BCUT2D eigenvalue weighted by atomic mass is 32.2. The quantitative estimate of drug-likeness (QED) is 0.594. The van der Waals surface area contributed by atoms with Crippen molar-refractivity contribution in [3.8, 4) is 0 Å². The largest absolute Gasteiger partial charge is 0.338 e. The summed E-state index contributed by atoms with van der Waals surface area (Å²) in [5.74, 6) is 2.18. The van der Waals surface area contributed by atoms with Crippen molar-refractivity contribution in [1.29, 1.82) is 0 Å². The van der Waals surface area contributed by atoms with Crippen LogP contribution in [0.1, 0.15) is 47.2 Å². The maximum atomic E-state index is 12.9. The Hall–Kier alpha value is -0.980. The van der Waals surface area contributed by atoms with Crippen LogP contribution >= 0.6 is 34.9 Å². The van der Waals surface area contributed by atoms with E-state index in [1.807, 2.05) is 30.8 Å². The van der Waals surface area contributed by atoms with Crippen LogP contribution in [0.5, 0.6) is 0 Å². The van der Waals surface area contributed by atoms with Gasteiger partial charge >= 0.3 is 0 Å². The van der Waals surface area contributed by atoms with E-state index in [0.29, 0.717) is 5.25 Å². The molecule has 26 heavy (non-hydrogen) atoms. The summed E-state index contributed by atoms with van der Waals surface area (Å²) in [6.07, 6.45) is 3.58. The minimum atomic E-state index is 0.181. The van der Waals surface area contributed by atoms with Gasteiger partial charge in [0.25, 0.3) is 5.91 Å². The van der Waals surface area contributed by atoms with Crippen LogP contribution in [0.3, 0.4) is 0 Å². The summed E-state index contributed by atoms with van der Waals surface area (Å²) < 4.78 is 0. The lowest BCUT2D eigenvalue weighted by atomic mass is 10.2. The first-order chi connectivity index (χ1) is 12.7. The number of nitrogens with zero attached hydrogens (tertiary/aromatic N) is 2. The predicted molar refractivity (Wildman–Crippen MR) is 115 cm³/mol. The maximum Gasteiger partial charge on any atom is 0.253 e. The van der Waals surface area contributed by atoms with E-state index < -0.39 is 0 Å². The fourth-order valence-corrected chi connectivity index (χ4v) is 5.77. The summed E-state index contributed by atoms with van der Waals surface area (Å²) in [4.78, 5) is 20.6. The van der Waals surface area contributed by atoms with Gasteiger partial charge in [0.2, 0.25) is 0 Å². The molecule has 1 aromatic heterocycles. The van der Waals surface area contributed by atoms with Crippen molar-refractivity contribution in [2.45, 2.75) is 49.0 Å². The van der Waals surface area contributed by atoms with E-state index in [9.17, 15) is 4.79 Å². The molecule has 0 spiro atoms. The van der Waals surface area contributed by atoms with Gasteiger partial charge in [0.05, 0.1) is 10.7 Å². The van der Waals surface area contributed by atoms with E-state index in [2.05, 4.69) is 34.3 Å². The number of aromatic nitrogens is 1. The van der Waals surface area contributed by atoms with Gasteiger partial charge in [-0.05, 0) is 49.8 Å². The minimum Gasteiger partial charge on any atom is -0.338 e. The second kappa shape index (κ2) is 9.81. The molecule has 1 atom stereocenters. The number of hydrogen-bond acceptors (Lipinski definition) is 5. The molecule has 0 N–H and O–H groups in total. The second-order valence-electron chi connectivity index (χ2n) is 6.50. The zero-order chi connectivity index (χ0) is 18.4. The number of benzene rings is 1. The number of rotatable bonds is 6. The van der Waals surface area contributed by atoms with Gasteiger partial charge in [-0.25, -0.2) is 4.98 Å². The molecule has 1 saturated heterocycles. The number of carbonyl (C=O) groups is 1. The van der Waals surface area contributed by atoms with E-state index in [-0.39, 0.29) is 5.91 Å². The van der Waals surface area contributed by atoms with Gasteiger partial charge in [0, 0.05) is 39.9 Å². The predicted octanol–water partition coefficient (Wildman–Crippen LogP) is 5.49. The number of thioether (sulfide) groups is 2. The van der Waals surface area contributed by atoms with Crippen LogP contribution in [0.25, 0.3) is 0 Å². The van der Waals surface area contributed by atoms with Crippen LogP contribution < -0.4 is 0 Å². The van der Waals surface area contributed by atoms with Crippen LogP contribution in [-0.2, 0) is 5.75 Å². The summed E-state index contributed by atoms with van der Waals surface area (Å²) in [5.41, 5.74) is 1.93. The molecule has 1 fully saturated rings. The van der Waals surface area contributed by atoms with Crippen molar-refractivity contribution >= 4 is 40.8 Å². The Morgan fingerprint density at radius 1 is 1.31 bits per heavy atom. The minimum absolute atomic E-state index is 0.181. The van der Waals surface area contributed by atoms with Crippen molar-refractivity contribution in [3.05, 3.63) is 45.9 Å². The lowest BCUT2D eigenvalue weighted by molar-refractivity contribution is 0.0763. The Balaban J connectivity index is 1.58. The van der Waals surface area contributed by atoms with Gasteiger partial charge in [0.1, 0.15) is 0 Å². The van der Waals surface area contributed by atoms with Crippen molar-refractivity contribution in [2.24, 2.45) is 0 Å². The third-order valence-corrected chi connectivity index (χ3v) is 7.53. The van der Waals surface area contributed by atoms with Crippen molar-refractivity contribution in [3.63, 3.8) is 0 Å². The van der Waals surface area contributed by atoms with Gasteiger partial charge in [0.15, 0.2) is 0 Å². The van der Waals surface area contributed by atoms with Gasteiger partial charge in [-0.2, -0.15) is 11.8 Å². The SMILES string of the molecule is CCSC1CCCCN(C(=O)c2ccc(SCc3csc(C)n3)cc2)C1. The number of aryl methyl sites for hydroxylation is 1. The van der Waals surface area contributed by atoms with Crippen LogP contribution in [-0.4, -0.2) is 39.9 Å². The van der Waals surface area contributed by atoms with E-state index in [1.54, 1.807) is 23.1 Å². The Kier molecular flexibility index (Phi) is 7.46. The molecule has 1 aromatic carbocycles. The molecule has 0 aliphatic carbocycles. The number of amides is 1. The molecular weight excluding hydrogens is 380 g/mol. The zero-order valence-electron chi connectivity index (χ0n) is 15.4. The molecule has 1 aliphatic rings. The van der Waals surface area contributed by atoms with Crippen LogP contribution in [0.2, 0.25) is 0 Å². The number of hydrogen-bond donors (Lipinski definition) is 0. The summed E-state index contributed by atoms with van der Waals surface area (Å²) in [7, 11) is 0. The molecule has 0 bridgehead atoms. The lowest BCUT2D eigenvalue weighted by Crippen LogP contribution is -2.35. The average molecular weight is 407 g/mol. The molecular formula is C20H26N2OS3. The van der Waals surface area contributed by atoms with Gasteiger partial charge in [-0.1, -0.05) is 13.3 Å². The fourth-order valence-electron chi connectivity index (χ4n) is 3.17. The van der Waals surface area contributed by atoms with Crippen LogP contribution in [0.15, 0.2) is 34.5 Å². The molecule has 6 heteroatoms. The van der Waals surface area contributed by atoms with E-state index in [0.717, 1.165) is 47.3 Å². The molecule has 0 radical (unpaired) electrons. The molecule has 2 aromatic rings. The van der Waals surface area contributed by atoms with Crippen LogP contribution in [0.4, 0.5) is 0 Å². The summed E-state index contributed by atoms with van der Waals surface area (Å²) in [6, 6.07) is 8.08. The summed E-state index contributed by atoms with van der Waals surface area (Å²) in [6.45, 7) is 6.01. The van der Waals surface area contributed by atoms with Crippen LogP contribution in [0, 0.1) is 6.92 Å². The molecule has 2 heterocycles. The normalized spacial score (nSPS) is 17.9. The third kappa shape index (κ3) is 5.51. The number of carbonyl (C=O) groups excluding carboxylic acids is 1. The van der Waals surface area contributed by atoms with Crippen molar-refractivity contribution in [1.82, 2.24) is 9.88 Å². The first-order valence-electron chi connectivity index (χ1n) is 9.20. The molecule has 1 aliphatic heterocycles. The first kappa shape index (κ1) is 19.8. The highest BCUT2D eigenvalue weighted by Crippen LogP contribution is 2.26. The fraction of sp³-hybridized carbons (Fsp3) is 0.500. The average Bonchev–Trinajstić information content (AvgIpc) is 2.93. The molecule has 3 rings (SSSR count). The van der Waals surface area contributed by atoms with Crippen molar-refractivity contribution in [2.75, 3.05) is 18.8 Å². The molecule has 140 valence electrons. The number of thiazole rings is 1. The number of likely N-dealkylation sites (tertiary alicyclic amines) is 1. The monoisotopic (exact) mass is 406 g/mol. The van der Waals surface area contributed by atoms with E-state index >= 15 is 0 Å². The molecule has 1 unspecified atom stereocenters. The zero-order valence-corrected chi connectivity index (χ0v) is 17.9. The second-order valence-corrected chi connectivity index (χ2v) is 10.2. The molecule has 1 amide bonds. The Morgan fingerprint density at radius 3 is 2.81 bits per heavy atom. The Morgan fingerprint density at radius 2 is 2.12 bits per heavy atom. The maximum absolute atomic E-state index is 12.9. The lowest BCUT2D eigenvalue weighted by Gasteiger charge is -2.24.